The average Bonchev–Trinajstić information content (AvgIpc) is 2.65. The van der Waals surface area contributed by atoms with Crippen LogP contribution < -0.4 is 0 Å². The molecule has 0 spiro atoms. The van der Waals surface area contributed by atoms with Crippen LogP contribution in [0.4, 0.5) is 0 Å². The van der Waals surface area contributed by atoms with E-state index in [9.17, 15) is 4.79 Å². The van der Waals surface area contributed by atoms with Gasteiger partial charge in [-0.1, -0.05) is 69.8 Å². The molecule has 0 unspecified atom stereocenters. The van der Waals surface area contributed by atoms with E-state index < -0.39 is 0 Å². The molecular formula is C22H28OS. The summed E-state index contributed by atoms with van der Waals surface area (Å²) in [6.07, 6.45) is 4.05. The van der Waals surface area contributed by atoms with E-state index in [1.54, 1.807) is 18.7 Å². The first-order valence-electron chi connectivity index (χ1n) is 8.81. The fraction of sp³-hybridized carbons (Fsp3) is 0.318. The largest absolute Gasteiger partial charge is 0.295 e. The molecular weight excluding hydrogens is 312 g/mol. The van der Waals surface area contributed by atoms with Crippen molar-refractivity contribution in [2.24, 2.45) is 0 Å². The lowest BCUT2D eigenvalue weighted by Gasteiger charge is -2.17. The number of allylic oxidation sites excluding steroid dienone is 2. The quantitative estimate of drug-likeness (QED) is 0.610. The number of rotatable bonds is 3. The van der Waals surface area contributed by atoms with Gasteiger partial charge in [-0.2, -0.15) is 0 Å². The Labute approximate surface area is 151 Å². The van der Waals surface area contributed by atoms with Crippen molar-refractivity contribution >= 4 is 23.1 Å². The summed E-state index contributed by atoms with van der Waals surface area (Å²) in [4.78, 5) is 14.1. The zero-order valence-electron chi connectivity index (χ0n) is 15.4. The van der Waals surface area contributed by atoms with Crippen LogP contribution >= 0.6 is 11.8 Å². The summed E-state index contributed by atoms with van der Waals surface area (Å²) >= 11 is 1.77. The number of Topliss-reactive ketones (excluding diaryl/α,β-unsaturated/α-hetero) is 1. The highest BCUT2D eigenvalue weighted by atomic mass is 32.2. The third-order valence-electron chi connectivity index (χ3n) is 3.49. The van der Waals surface area contributed by atoms with Gasteiger partial charge in [-0.25, -0.2) is 0 Å². The number of carbonyl (C=O) groups is 1. The van der Waals surface area contributed by atoms with Crippen molar-refractivity contribution in [3.63, 3.8) is 0 Å². The molecule has 0 radical (unpaired) electrons. The molecule has 0 bridgehead atoms. The first-order valence-corrected chi connectivity index (χ1v) is 9.63. The lowest BCUT2D eigenvalue weighted by molar-refractivity contribution is -0.111. The van der Waals surface area contributed by atoms with E-state index >= 15 is 0 Å². The van der Waals surface area contributed by atoms with Crippen LogP contribution in [0.3, 0.4) is 0 Å². The van der Waals surface area contributed by atoms with E-state index in [0.717, 1.165) is 24.0 Å². The monoisotopic (exact) mass is 340 g/mol. The Bertz CT molecular complexity index is 672. The molecule has 0 atom stereocenters. The smallest absolute Gasteiger partial charge is 0.160 e. The summed E-state index contributed by atoms with van der Waals surface area (Å²) in [5.74, 6) is 0.161. The van der Waals surface area contributed by atoms with Crippen molar-refractivity contribution in [2.45, 2.75) is 57.3 Å². The predicted molar refractivity (Wildman–Crippen MR) is 107 cm³/mol. The molecule has 128 valence electrons. The molecule has 3 rings (SSSR count). The molecule has 1 aliphatic carbocycles. The second kappa shape index (κ2) is 10.9. The van der Waals surface area contributed by atoms with Crippen LogP contribution in [0.5, 0.6) is 0 Å². The fourth-order valence-corrected chi connectivity index (χ4v) is 3.45. The number of benzene rings is 2. The number of hydrogen-bond acceptors (Lipinski definition) is 2. The van der Waals surface area contributed by atoms with Crippen molar-refractivity contribution in [3.05, 3.63) is 65.7 Å². The van der Waals surface area contributed by atoms with E-state index in [1.165, 1.54) is 15.4 Å². The average molecular weight is 341 g/mol. The highest BCUT2D eigenvalue weighted by Gasteiger charge is 2.16. The number of hydrogen-bond donors (Lipinski definition) is 0. The van der Waals surface area contributed by atoms with E-state index in [2.05, 4.69) is 48.5 Å². The molecule has 2 aromatic rings. The van der Waals surface area contributed by atoms with E-state index in [1.807, 2.05) is 33.8 Å². The molecule has 0 amide bonds. The molecule has 24 heavy (non-hydrogen) atoms. The minimum atomic E-state index is 0.161. The lowest BCUT2D eigenvalue weighted by atomic mass is 9.89. The Balaban J connectivity index is 0.000000671. The minimum Gasteiger partial charge on any atom is -0.295 e. The fourth-order valence-electron chi connectivity index (χ4n) is 2.54. The number of aryl methyl sites for hydroxylation is 1. The minimum absolute atomic E-state index is 0.161. The maximum atomic E-state index is 11.7. The molecule has 0 fully saturated rings. The molecule has 2 aromatic carbocycles. The number of ketones is 1. The second-order valence-corrected chi connectivity index (χ2v) is 6.09. The predicted octanol–water partition coefficient (Wildman–Crippen LogP) is 6.81. The summed E-state index contributed by atoms with van der Waals surface area (Å²) in [7, 11) is 0. The van der Waals surface area contributed by atoms with Crippen LogP contribution in [-0.4, -0.2) is 5.78 Å². The zero-order valence-corrected chi connectivity index (χ0v) is 16.2. The maximum Gasteiger partial charge on any atom is 0.160 e. The SMILES string of the molecule is CC.CC.CC(=O)C1=CCCc2cc(Sc3ccccc3)ccc21. The van der Waals surface area contributed by atoms with Gasteiger partial charge < -0.3 is 0 Å². The highest BCUT2D eigenvalue weighted by molar-refractivity contribution is 7.99. The molecule has 1 nitrogen and oxygen atoms in total. The first-order chi connectivity index (χ1) is 11.7. The molecule has 0 saturated heterocycles. The topological polar surface area (TPSA) is 17.1 Å². The van der Waals surface area contributed by atoms with Crippen LogP contribution in [0.15, 0.2) is 64.4 Å². The van der Waals surface area contributed by atoms with Crippen molar-refractivity contribution in [2.75, 3.05) is 0 Å². The maximum absolute atomic E-state index is 11.7. The Hall–Kier alpha value is -1.80. The van der Waals surface area contributed by atoms with Crippen LogP contribution in [0.25, 0.3) is 5.57 Å². The second-order valence-electron chi connectivity index (χ2n) is 4.95. The van der Waals surface area contributed by atoms with E-state index in [4.69, 9.17) is 0 Å². The number of carbonyl (C=O) groups excluding carboxylic acids is 1. The van der Waals surface area contributed by atoms with Crippen LogP contribution in [-0.2, 0) is 11.2 Å². The Morgan fingerprint density at radius 3 is 2.21 bits per heavy atom. The van der Waals surface area contributed by atoms with Crippen LogP contribution in [0, 0.1) is 0 Å². The molecule has 0 heterocycles. The van der Waals surface area contributed by atoms with Crippen LogP contribution in [0.1, 0.15) is 52.2 Å². The summed E-state index contributed by atoms with van der Waals surface area (Å²) < 4.78 is 0. The van der Waals surface area contributed by atoms with Gasteiger partial charge in [0.1, 0.15) is 0 Å². The van der Waals surface area contributed by atoms with Gasteiger partial charge in [0.25, 0.3) is 0 Å². The first kappa shape index (κ1) is 20.2. The standard InChI is InChI=1S/C18H16OS.2C2H6/c1-13(19)17-9-5-6-14-12-16(10-11-18(14)17)20-15-7-3-2-4-8-15;2*1-2/h2-4,7-12H,5-6H2,1H3;2*1-2H3. The normalized spacial score (nSPS) is 11.8. The Kier molecular flexibility index (Phi) is 9.18. The van der Waals surface area contributed by atoms with Crippen molar-refractivity contribution in [1.82, 2.24) is 0 Å². The van der Waals surface area contributed by atoms with Gasteiger partial charge in [-0.05, 0) is 55.2 Å². The van der Waals surface area contributed by atoms with Gasteiger partial charge in [0, 0.05) is 15.4 Å². The van der Waals surface area contributed by atoms with Crippen molar-refractivity contribution < 1.29 is 4.79 Å². The van der Waals surface area contributed by atoms with Gasteiger partial charge in [-0.3, -0.25) is 4.79 Å². The lowest BCUT2D eigenvalue weighted by Crippen LogP contribution is -2.05. The summed E-state index contributed by atoms with van der Waals surface area (Å²) in [6, 6.07) is 16.8. The van der Waals surface area contributed by atoms with Gasteiger partial charge >= 0.3 is 0 Å². The molecule has 1 aliphatic rings. The van der Waals surface area contributed by atoms with Gasteiger partial charge in [0.05, 0.1) is 0 Å². The summed E-state index contributed by atoms with van der Waals surface area (Å²) in [5.41, 5.74) is 3.28. The van der Waals surface area contributed by atoms with E-state index in [0.29, 0.717) is 0 Å². The molecule has 0 aliphatic heterocycles. The molecule has 0 saturated carbocycles. The zero-order chi connectivity index (χ0) is 17.9. The molecule has 2 heteroatoms. The third kappa shape index (κ3) is 5.38. The summed E-state index contributed by atoms with van der Waals surface area (Å²) in [6.45, 7) is 9.65. The third-order valence-corrected chi connectivity index (χ3v) is 4.48. The Morgan fingerprint density at radius 1 is 0.917 bits per heavy atom. The van der Waals surface area contributed by atoms with Gasteiger partial charge in [-0.15, -0.1) is 0 Å². The Morgan fingerprint density at radius 2 is 1.58 bits per heavy atom. The highest BCUT2D eigenvalue weighted by Crippen LogP contribution is 2.33. The van der Waals surface area contributed by atoms with Crippen molar-refractivity contribution in [3.8, 4) is 0 Å². The van der Waals surface area contributed by atoms with E-state index in [-0.39, 0.29) is 5.78 Å². The summed E-state index contributed by atoms with van der Waals surface area (Å²) in [5, 5.41) is 0. The van der Waals surface area contributed by atoms with Gasteiger partial charge in [0.2, 0.25) is 0 Å². The molecule has 0 N–H and O–H groups in total. The van der Waals surface area contributed by atoms with Crippen LogP contribution in [0.2, 0.25) is 0 Å². The van der Waals surface area contributed by atoms with Crippen molar-refractivity contribution in [1.29, 1.82) is 0 Å². The molecule has 0 aromatic heterocycles. The number of fused-ring (bicyclic) bond motifs is 1. The van der Waals surface area contributed by atoms with Gasteiger partial charge in [0.15, 0.2) is 5.78 Å².